The summed E-state index contributed by atoms with van der Waals surface area (Å²) < 4.78 is 0. The van der Waals surface area contributed by atoms with Crippen LogP contribution >= 0.6 is 0 Å². The lowest BCUT2D eigenvalue weighted by Gasteiger charge is -2.27. The molecule has 0 aromatic heterocycles. The van der Waals surface area contributed by atoms with Crippen LogP contribution in [0.2, 0.25) is 0 Å². The first-order valence-electron chi connectivity index (χ1n) is 7.43. The molecule has 0 aliphatic heterocycles. The molecule has 1 N–H and O–H groups in total. The van der Waals surface area contributed by atoms with Crippen LogP contribution in [0.1, 0.15) is 52.4 Å². The van der Waals surface area contributed by atoms with Gasteiger partial charge in [-0.2, -0.15) is 5.26 Å². The van der Waals surface area contributed by atoms with E-state index >= 15 is 0 Å². The maximum Gasteiger partial charge on any atom is 0.104 e. The molecule has 102 valence electrons. The van der Waals surface area contributed by atoms with Gasteiger partial charge in [0.25, 0.3) is 0 Å². The van der Waals surface area contributed by atoms with Crippen molar-refractivity contribution in [2.45, 2.75) is 70.0 Å². The van der Waals surface area contributed by atoms with Gasteiger partial charge < -0.3 is 4.90 Å². The van der Waals surface area contributed by atoms with Gasteiger partial charge in [0.15, 0.2) is 0 Å². The maximum absolute atomic E-state index is 9.31. The molecule has 3 nitrogen and oxygen atoms in total. The molecular weight excluding hydrogens is 222 g/mol. The Balaban J connectivity index is 1.67. The third kappa shape index (κ3) is 3.96. The Hall–Kier alpha value is -0.590. The van der Waals surface area contributed by atoms with Crippen LogP contribution in [-0.2, 0) is 0 Å². The first kappa shape index (κ1) is 13.8. The van der Waals surface area contributed by atoms with E-state index in [9.17, 15) is 5.26 Å². The smallest absolute Gasteiger partial charge is 0.104 e. The van der Waals surface area contributed by atoms with E-state index in [1.54, 1.807) is 0 Å². The summed E-state index contributed by atoms with van der Waals surface area (Å²) in [6.07, 6.45) is 7.38. The highest BCUT2D eigenvalue weighted by Gasteiger charge is 2.33. The average Bonchev–Trinajstić information content (AvgIpc) is 3.21. The minimum atomic E-state index is -0.315. The second kappa shape index (κ2) is 5.59. The van der Waals surface area contributed by atoms with Crippen LogP contribution < -0.4 is 5.32 Å². The van der Waals surface area contributed by atoms with Crippen molar-refractivity contribution in [2.24, 2.45) is 5.92 Å². The van der Waals surface area contributed by atoms with Gasteiger partial charge in [0.05, 0.1) is 6.07 Å². The molecule has 0 amide bonds. The molecule has 2 saturated carbocycles. The van der Waals surface area contributed by atoms with Crippen molar-refractivity contribution in [1.29, 1.82) is 5.26 Å². The van der Waals surface area contributed by atoms with Gasteiger partial charge in [0.1, 0.15) is 5.54 Å². The predicted octanol–water partition coefficient (Wildman–Crippen LogP) is 2.53. The van der Waals surface area contributed by atoms with Crippen molar-refractivity contribution >= 4 is 0 Å². The van der Waals surface area contributed by atoms with Crippen molar-refractivity contribution < 1.29 is 0 Å². The number of rotatable bonds is 8. The molecular formula is C15H27N3. The zero-order valence-corrected chi connectivity index (χ0v) is 12.1. The number of hydrogen-bond acceptors (Lipinski definition) is 3. The average molecular weight is 249 g/mol. The second-order valence-electron chi connectivity index (χ2n) is 6.52. The Kier molecular flexibility index (Phi) is 4.29. The lowest BCUT2D eigenvalue weighted by atomic mass is 9.97. The van der Waals surface area contributed by atoms with E-state index in [1.807, 2.05) is 0 Å². The molecule has 0 radical (unpaired) electrons. The van der Waals surface area contributed by atoms with E-state index in [0.29, 0.717) is 6.04 Å². The SMILES string of the molecule is CC(C1CC1)N(C)CCCC(C)(C#N)NC1CC1. The number of nitrogens with one attached hydrogen (secondary N) is 1. The summed E-state index contributed by atoms with van der Waals surface area (Å²) >= 11 is 0. The number of nitrogens with zero attached hydrogens (tertiary/aromatic N) is 2. The van der Waals surface area contributed by atoms with E-state index in [1.165, 1.54) is 25.7 Å². The molecule has 0 heterocycles. The molecule has 18 heavy (non-hydrogen) atoms. The standard InChI is InChI=1S/C15H27N3/c1-12(13-5-6-13)18(3)10-4-9-15(2,11-16)17-14-7-8-14/h12-14,17H,4-10H2,1-3H3. The molecule has 0 saturated heterocycles. The monoisotopic (exact) mass is 249 g/mol. The van der Waals surface area contributed by atoms with Gasteiger partial charge in [-0.3, -0.25) is 5.32 Å². The van der Waals surface area contributed by atoms with Crippen LogP contribution in [0.25, 0.3) is 0 Å². The van der Waals surface area contributed by atoms with Gasteiger partial charge in [0.2, 0.25) is 0 Å². The first-order valence-corrected chi connectivity index (χ1v) is 7.43. The highest BCUT2D eigenvalue weighted by atomic mass is 15.1. The normalized spacial score (nSPS) is 24.6. The first-order chi connectivity index (χ1) is 8.54. The summed E-state index contributed by atoms with van der Waals surface area (Å²) in [6, 6.07) is 3.78. The van der Waals surface area contributed by atoms with Gasteiger partial charge in [-0.25, -0.2) is 0 Å². The van der Waals surface area contributed by atoms with Crippen LogP contribution in [-0.4, -0.2) is 36.1 Å². The molecule has 0 spiro atoms. The maximum atomic E-state index is 9.31. The van der Waals surface area contributed by atoms with Crippen LogP contribution in [0, 0.1) is 17.2 Å². The van der Waals surface area contributed by atoms with E-state index in [-0.39, 0.29) is 5.54 Å². The molecule has 2 unspecified atom stereocenters. The topological polar surface area (TPSA) is 39.1 Å². The lowest BCUT2D eigenvalue weighted by Crippen LogP contribution is -2.43. The summed E-state index contributed by atoms with van der Waals surface area (Å²) in [7, 11) is 2.22. The molecule has 3 heteroatoms. The van der Waals surface area contributed by atoms with Gasteiger partial charge in [-0.1, -0.05) is 0 Å². The summed E-state index contributed by atoms with van der Waals surface area (Å²) in [4.78, 5) is 2.46. The van der Waals surface area contributed by atoms with E-state index < -0.39 is 0 Å². The summed E-state index contributed by atoms with van der Waals surface area (Å²) in [5, 5.41) is 12.8. The van der Waals surface area contributed by atoms with Crippen molar-refractivity contribution in [2.75, 3.05) is 13.6 Å². The fourth-order valence-corrected chi connectivity index (χ4v) is 2.66. The highest BCUT2D eigenvalue weighted by Crippen LogP contribution is 2.34. The quantitative estimate of drug-likeness (QED) is 0.718. The fourth-order valence-electron chi connectivity index (χ4n) is 2.66. The minimum Gasteiger partial charge on any atom is -0.303 e. The zero-order chi connectivity index (χ0) is 13.2. The second-order valence-corrected chi connectivity index (χ2v) is 6.52. The molecule has 2 atom stereocenters. The molecule has 2 fully saturated rings. The third-order valence-corrected chi connectivity index (χ3v) is 4.53. The Morgan fingerprint density at radius 2 is 2.06 bits per heavy atom. The Morgan fingerprint density at radius 3 is 2.56 bits per heavy atom. The van der Waals surface area contributed by atoms with Gasteiger partial charge in [0, 0.05) is 12.1 Å². The van der Waals surface area contributed by atoms with Crippen molar-refractivity contribution in [3.05, 3.63) is 0 Å². The fraction of sp³-hybridized carbons (Fsp3) is 0.933. The molecule has 2 aliphatic rings. The highest BCUT2D eigenvalue weighted by molar-refractivity contribution is 5.07. The zero-order valence-electron chi connectivity index (χ0n) is 12.1. The van der Waals surface area contributed by atoms with E-state index in [4.69, 9.17) is 0 Å². The van der Waals surface area contributed by atoms with Crippen LogP contribution in [0.5, 0.6) is 0 Å². The molecule has 2 aliphatic carbocycles. The van der Waals surface area contributed by atoms with Crippen molar-refractivity contribution in [3.8, 4) is 6.07 Å². The Morgan fingerprint density at radius 1 is 1.39 bits per heavy atom. The van der Waals surface area contributed by atoms with Crippen LogP contribution in [0.3, 0.4) is 0 Å². The molecule has 0 aromatic rings. The van der Waals surface area contributed by atoms with Crippen molar-refractivity contribution in [1.82, 2.24) is 10.2 Å². The lowest BCUT2D eigenvalue weighted by molar-refractivity contribution is 0.223. The number of nitriles is 1. The summed E-state index contributed by atoms with van der Waals surface area (Å²) in [5.41, 5.74) is -0.315. The Labute approximate surface area is 112 Å². The van der Waals surface area contributed by atoms with E-state index in [0.717, 1.165) is 31.3 Å². The summed E-state index contributed by atoms with van der Waals surface area (Å²) in [5.74, 6) is 0.932. The predicted molar refractivity (Wildman–Crippen MR) is 74.2 cm³/mol. The Bertz CT molecular complexity index is 314. The largest absolute Gasteiger partial charge is 0.303 e. The third-order valence-electron chi connectivity index (χ3n) is 4.53. The van der Waals surface area contributed by atoms with Gasteiger partial charge in [-0.15, -0.1) is 0 Å². The molecule has 0 aromatic carbocycles. The molecule has 2 rings (SSSR count). The van der Waals surface area contributed by atoms with Gasteiger partial charge >= 0.3 is 0 Å². The van der Waals surface area contributed by atoms with Crippen LogP contribution in [0.15, 0.2) is 0 Å². The van der Waals surface area contributed by atoms with E-state index in [2.05, 4.69) is 37.2 Å². The van der Waals surface area contributed by atoms with Crippen LogP contribution in [0.4, 0.5) is 0 Å². The molecule has 0 bridgehead atoms. The van der Waals surface area contributed by atoms with Gasteiger partial charge in [-0.05, 0) is 71.9 Å². The minimum absolute atomic E-state index is 0.315. The number of hydrogen-bond donors (Lipinski definition) is 1. The van der Waals surface area contributed by atoms with Crippen molar-refractivity contribution in [3.63, 3.8) is 0 Å². The summed E-state index contributed by atoms with van der Waals surface area (Å²) in [6.45, 7) is 5.50.